The van der Waals surface area contributed by atoms with Crippen LogP contribution in [0.1, 0.15) is 6.92 Å². The van der Waals surface area contributed by atoms with Crippen LogP contribution in [0, 0.1) is 0 Å². The van der Waals surface area contributed by atoms with Gasteiger partial charge in [0.1, 0.15) is 0 Å². The Morgan fingerprint density at radius 3 is 2.26 bits per heavy atom. The van der Waals surface area contributed by atoms with Crippen LogP contribution in [0.2, 0.25) is 0 Å². The predicted octanol–water partition coefficient (Wildman–Crippen LogP) is 2.20. The van der Waals surface area contributed by atoms with Crippen molar-refractivity contribution >= 4 is 38.4 Å². The summed E-state index contributed by atoms with van der Waals surface area (Å²) in [5, 5.41) is 0. The molecule has 0 aromatic heterocycles. The van der Waals surface area contributed by atoms with Gasteiger partial charge in [0.15, 0.2) is 0 Å². The SMILES string of the molecule is CCN1CCN(S(=O)(=O)c2ccccc2Br)CC1.Cl. The summed E-state index contributed by atoms with van der Waals surface area (Å²) in [7, 11) is -3.36. The highest BCUT2D eigenvalue weighted by Gasteiger charge is 2.29. The van der Waals surface area contributed by atoms with Crippen molar-refractivity contribution < 1.29 is 8.42 Å². The minimum Gasteiger partial charge on any atom is -0.301 e. The van der Waals surface area contributed by atoms with Crippen molar-refractivity contribution in [2.24, 2.45) is 0 Å². The van der Waals surface area contributed by atoms with Gasteiger partial charge in [0.2, 0.25) is 10.0 Å². The van der Waals surface area contributed by atoms with Crippen LogP contribution in [0.4, 0.5) is 0 Å². The third-order valence-corrected chi connectivity index (χ3v) is 6.14. The number of hydrogen-bond acceptors (Lipinski definition) is 3. The summed E-state index contributed by atoms with van der Waals surface area (Å²) in [6.45, 7) is 5.82. The summed E-state index contributed by atoms with van der Waals surface area (Å²) >= 11 is 3.31. The molecule has 4 nitrogen and oxygen atoms in total. The molecule has 2 rings (SSSR count). The van der Waals surface area contributed by atoms with Crippen LogP contribution in [0.15, 0.2) is 33.6 Å². The van der Waals surface area contributed by atoms with Crippen molar-refractivity contribution in [2.75, 3.05) is 32.7 Å². The predicted molar refractivity (Wildman–Crippen MR) is 82.3 cm³/mol. The molecule has 1 heterocycles. The molecule has 0 spiro atoms. The van der Waals surface area contributed by atoms with Crippen molar-refractivity contribution in [3.05, 3.63) is 28.7 Å². The minimum atomic E-state index is -3.36. The zero-order chi connectivity index (χ0) is 13.2. The van der Waals surface area contributed by atoms with Crippen LogP contribution >= 0.6 is 28.3 Å². The zero-order valence-corrected chi connectivity index (χ0v) is 14.0. The van der Waals surface area contributed by atoms with Gasteiger partial charge in [0.05, 0.1) is 4.90 Å². The van der Waals surface area contributed by atoms with E-state index in [1.54, 1.807) is 22.5 Å². The van der Waals surface area contributed by atoms with Crippen molar-refractivity contribution in [3.63, 3.8) is 0 Å². The number of likely N-dealkylation sites (N-methyl/N-ethyl adjacent to an activating group) is 1. The summed E-state index contributed by atoms with van der Waals surface area (Å²) in [6.07, 6.45) is 0. The van der Waals surface area contributed by atoms with E-state index in [2.05, 4.69) is 27.8 Å². The highest BCUT2D eigenvalue weighted by atomic mass is 79.9. The van der Waals surface area contributed by atoms with Gasteiger partial charge in [-0.25, -0.2) is 8.42 Å². The zero-order valence-electron chi connectivity index (χ0n) is 10.8. The molecule has 0 amide bonds. The van der Waals surface area contributed by atoms with E-state index >= 15 is 0 Å². The highest BCUT2D eigenvalue weighted by molar-refractivity contribution is 9.10. The Hall–Kier alpha value is -0.140. The van der Waals surface area contributed by atoms with Crippen LogP contribution in [0.3, 0.4) is 0 Å². The maximum atomic E-state index is 12.5. The molecule has 0 radical (unpaired) electrons. The topological polar surface area (TPSA) is 40.6 Å². The van der Waals surface area contributed by atoms with Gasteiger partial charge in [0, 0.05) is 30.7 Å². The van der Waals surface area contributed by atoms with E-state index in [-0.39, 0.29) is 12.4 Å². The number of sulfonamides is 1. The molecule has 7 heteroatoms. The minimum absolute atomic E-state index is 0. The third kappa shape index (κ3) is 3.70. The van der Waals surface area contributed by atoms with Gasteiger partial charge in [-0.1, -0.05) is 19.1 Å². The van der Waals surface area contributed by atoms with E-state index < -0.39 is 10.0 Å². The molecule has 1 aromatic carbocycles. The number of rotatable bonds is 3. The van der Waals surface area contributed by atoms with Crippen LogP contribution < -0.4 is 0 Å². The quantitative estimate of drug-likeness (QED) is 0.820. The monoisotopic (exact) mass is 368 g/mol. The van der Waals surface area contributed by atoms with Gasteiger partial charge in [-0.15, -0.1) is 12.4 Å². The Bertz CT molecular complexity index is 516. The lowest BCUT2D eigenvalue weighted by Crippen LogP contribution is -2.48. The summed E-state index contributed by atoms with van der Waals surface area (Å²) in [5.41, 5.74) is 0. The molecule has 0 N–H and O–H groups in total. The first-order valence-corrected chi connectivity index (χ1v) is 8.26. The number of halogens is 2. The third-order valence-electron chi connectivity index (χ3n) is 3.23. The van der Waals surface area contributed by atoms with Gasteiger partial charge in [-0.3, -0.25) is 0 Å². The number of benzene rings is 1. The van der Waals surface area contributed by atoms with Crippen LogP contribution in [-0.2, 0) is 10.0 Å². The van der Waals surface area contributed by atoms with Crippen LogP contribution in [0.5, 0.6) is 0 Å². The van der Waals surface area contributed by atoms with E-state index in [0.29, 0.717) is 22.5 Å². The second kappa shape index (κ2) is 7.04. The Kier molecular flexibility index (Phi) is 6.26. The smallest absolute Gasteiger partial charge is 0.244 e. The lowest BCUT2D eigenvalue weighted by molar-refractivity contribution is 0.196. The van der Waals surface area contributed by atoms with Crippen molar-refractivity contribution in [1.29, 1.82) is 0 Å². The first kappa shape index (κ1) is 16.9. The number of hydrogen-bond donors (Lipinski definition) is 0. The lowest BCUT2D eigenvalue weighted by atomic mass is 10.4. The summed E-state index contributed by atoms with van der Waals surface area (Å²) in [4.78, 5) is 2.61. The normalized spacial score (nSPS) is 18.0. The second-order valence-corrected chi connectivity index (χ2v) is 7.03. The Labute approximate surface area is 129 Å². The molecule has 0 saturated carbocycles. The lowest BCUT2D eigenvalue weighted by Gasteiger charge is -2.33. The summed E-state index contributed by atoms with van der Waals surface area (Å²) < 4.78 is 27.2. The summed E-state index contributed by atoms with van der Waals surface area (Å²) in [6, 6.07) is 6.97. The molecule has 1 fully saturated rings. The highest BCUT2D eigenvalue weighted by Crippen LogP contribution is 2.25. The fourth-order valence-electron chi connectivity index (χ4n) is 2.08. The standard InChI is InChI=1S/C12H17BrN2O2S.ClH/c1-2-14-7-9-15(10-8-14)18(16,17)12-6-4-3-5-11(12)13;/h3-6H,2,7-10H2,1H3;1H. The van der Waals surface area contributed by atoms with Crippen LogP contribution in [0.25, 0.3) is 0 Å². The molecule has 0 unspecified atom stereocenters. The Morgan fingerprint density at radius 1 is 1.16 bits per heavy atom. The largest absolute Gasteiger partial charge is 0.301 e. The molecule has 1 saturated heterocycles. The molecule has 1 aliphatic rings. The van der Waals surface area contributed by atoms with E-state index in [4.69, 9.17) is 0 Å². The molecular weight excluding hydrogens is 352 g/mol. The van der Waals surface area contributed by atoms with E-state index in [9.17, 15) is 8.42 Å². The molecular formula is C12H18BrClN2O2S. The Morgan fingerprint density at radius 2 is 1.74 bits per heavy atom. The molecule has 1 aliphatic heterocycles. The molecule has 19 heavy (non-hydrogen) atoms. The first-order valence-electron chi connectivity index (χ1n) is 6.02. The second-order valence-electron chi connectivity index (χ2n) is 4.27. The van der Waals surface area contributed by atoms with E-state index in [1.807, 2.05) is 6.07 Å². The molecule has 108 valence electrons. The fraction of sp³-hybridized carbons (Fsp3) is 0.500. The van der Waals surface area contributed by atoms with Crippen molar-refractivity contribution in [3.8, 4) is 0 Å². The molecule has 0 aliphatic carbocycles. The Balaban J connectivity index is 0.00000180. The van der Waals surface area contributed by atoms with E-state index in [1.165, 1.54) is 0 Å². The molecule has 0 atom stereocenters. The number of piperazine rings is 1. The van der Waals surface area contributed by atoms with Gasteiger partial charge in [0.25, 0.3) is 0 Å². The van der Waals surface area contributed by atoms with E-state index in [0.717, 1.165) is 19.6 Å². The van der Waals surface area contributed by atoms with Gasteiger partial charge in [-0.05, 0) is 34.6 Å². The number of nitrogens with zero attached hydrogens (tertiary/aromatic N) is 2. The van der Waals surface area contributed by atoms with Crippen LogP contribution in [-0.4, -0.2) is 50.3 Å². The average molecular weight is 370 g/mol. The van der Waals surface area contributed by atoms with Gasteiger partial charge < -0.3 is 4.90 Å². The first-order chi connectivity index (χ1) is 8.55. The van der Waals surface area contributed by atoms with Crippen molar-refractivity contribution in [1.82, 2.24) is 9.21 Å². The van der Waals surface area contributed by atoms with Gasteiger partial charge >= 0.3 is 0 Å². The maximum Gasteiger partial charge on any atom is 0.244 e. The summed E-state index contributed by atoms with van der Waals surface area (Å²) in [5.74, 6) is 0. The van der Waals surface area contributed by atoms with Crippen molar-refractivity contribution in [2.45, 2.75) is 11.8 Å². The van der Waals surface area contributed by atoms with Gasteiger partial charge in [-0.2, -0.15) is 4.31 Å². The molecule has 1 aromatic rings. The maximum absolute atomic E-state index is 12.5. The average Bonchev–Trinajstić information content (AvgIpc) is 2.39. The molecule has 0 bridgehead atoms. The fourth-order valence-corrected chi connectivity index (χ4v) is 4.46.